The highest BCUT2D eigenvalue weighted by molar-refractivity contribution is 8.18. The van der Waals surface area contributed by atoms with Crippen molar-refractivity contribution in [3.63, 3.8) is 0 Å². The summed E-state index contributed by atoms with van der Waals surface area (Å²) in [5.41, 5.74) is 1.80. The van der Waals surface area contributed by atoms with E-state index in [0.29, 0.717) is 12.2 Å². The van der Waals surface area contributed by atoms with Gasteiger partial charge >= 0.3 is 0 Å². The number of amides is 3. The molecule has 8 heteroatoms. The van der Waals surface area contributed by atoms with Crippen LogP contribution in [0.4, 0.5) is 9.18 Å². The van der Waals surface area contributed by atoms with Gasteiger partial charge in [-0.15, -0.1) is 0 Å². The number of hydrogen-bond acceptors (Lipinski definition) is 4. The summed E-state index contributed by atoms with van der Waals surface area (Å²) in [6.45, 7) is 0.700. The Bertz CT molecular complexity index is 1190. The number of nitrogens with zero attached hydrogens (tertiary/aromatic N) is 2. The smallest absolute Gasteiger partial charge is 0.293 e. The third kappa shape index (κ3) is 4.81. The van der Waals surface area contributed by atoms with E-state index >= 15 is 0 Å². The van der Waals surface area contributed by atoms with Crippen molar-refractivity contribution < 1.29 is 18.8 Å². The summed E-state index contributed by atoms with van der Waals surface area (Å²) in [7, 11) is 0. The van der Waals surface area contributed by atoms with Gasteiger partial charge in [0, 0.05) is 31.4 Å². The van der Waals surface area contributed by atoms with Gasteiger partial charge in [0.2, 0.25) is 0 Å². The number of imide groups is 1. The average molecular weight is 450 g/mol. The predicted molar refractivity (Wildman–Crippen MR) is 121 cm³/mol. The number of carbonyl (C=O) groups is 3. The molecule has 0 radical (unpaired) electrons. The summed E-state index contributed by atoms with van der Waals surface area (Å²) in [4.78, 5) is 38.6. The maximum atomic E-state index is 13.8. The van der Waals surface area contributed by atoms with E-state index in [1.54, 1.807) is 24.3 Å². The Morgan fingerprint density at radius 3 is 2.53 bits per heavy atom. The van der Waals surface area contributed by atoms with Crippen molar-refractivity contribution in [2.24, 2.45) is 0 Å². The minimum Gasteiger partial charge on any atom is -0.349 e. The highest BCUT2D eigenvalue weighted by atomic mass is 32.2. The van der Waals surface area contributed by atoms with E-state index in [9.17, 15) is 18.8 Å². The molecule has 1 saturated heterocycles. The molecule has 32 heavy (non-hydrogen) atoms. The Hall–Kier alpha value is -3.65. The zero-order valence-corrected chi connectivity index (χ0v) is 17.8. The number of aromatic nitrogens is 1. The van der Waals surface area contributed by atoms with Crippen LogP contribution in [0.5, 0.6) is 0 Å². The van der Waals surface area contributed by atoms with Crippen molar-refractivity contribution in [2.45, 2.75) is 6.54 Å². The molecule has 3 amide bonds. The maximum Gasteiger partial charge on any atom is 0.293 e. The fourth-order valence-corrected chi connectivity index (χ4v) is 4.19. The second-order valence-corrected chi connectivity index (χ2v) is 8.11. The van der Waals surface area contributed by atoms with Crippen molar-refractivity contribution in [3.8, 4) is 0 Å². The minimum atomic E-state index is -0.495. The second kappa shape index (κ2) is 9.65. The molecule has 162 valence electrons. The molecule has 0 unspecified atom stereocenters. The molecular weight excluding hydrogens is 429 g/mol. The van der Waals surface area contributed by atoms with Crippen LogP contribution in [0.3, 0.4) is 0 Å². The van der Waals surface area contributed by atoms with Crippen LogP contribution in [0.25, 0.3) is 6.08 Å². The molecule has 0 atom stereocenters. The lowest BCUT2D eigenvalue weighted by Gasteiger charge is -2.14. The molecule has 2 aromatic carbocycles. The summed E-state index contributed by atoms with van der Waals surface area (Å²) in [5.74, 6) is -1.25. The topological polar surface area (TPSA) is 71.4 Å². The lowest BCUT2D eigenvalue weighted by molar-refractivity contribution is -0.122. The molecule has 1 aliphatic rings. The quantitative estimate of drug-likeness (QED) is 0.551. The number of nitrogens with one attached hydrogen (secondary N) is 1. The summed E-state index contributed by atoms with van der Waals surface area (Å²) in [5, 5.41) is 2.31. The van der Waals surface area contributed by atoms with Crippen molar-refractivity contribution in [2.75, 3.05) is 13.1 Å². The van der Waals surface area contributed by atoms with E-state index in [1.807, 2.05) is 41.1 Å². The van der Waals surface area contributed by atoms with Gasteiger partial charge in [-0.2, -0.15) is 0 Å². The molecular formula is C24H20FN3O3S. The highest BCUT2D eigenvalue weighted by Crippen LogP contribution is 2.32. The number of carbonyl (C=O) groups excluding carboxylic acids is 3. The molecule has 0 saturated carbocycles. The van der Waals surface area contributed by atoms with Crippen molar-refractivity contribution in [3.05, 3.63) is 100 Å². The molecule has 0 bridgehead atoms. The Balaban J connectivity index is 1.35. The van der Waals surface area contributed by atoms with Crippen LogP contribution in [0, 0.1) is 5.82 Å². The van der Waals surface area contributed by atoms with Crippen LogP contribution >= 0.6 is 11.8 Å². The Morgan fingerprint density at radius 2 is 1.75 bits per heavy atom. The van der Waals surface area contributed by atoms with E-state index in [2.05, 4.69) is 5.32 Å². The molecule has 1 fully saturated rings. The van der Waals surface area contributed by atoms with E-state index < -0.39 is 17.0 Å². The number of halogens is 1. The zero-order valence-electron chi connectivity index (χ0n) is 17.0. The van der Waals surface area contributed by atoms with Gasteiger partial charge in [0.1, 0.15) is 11.5 Å². The van der Waals surface area contributed by atoms with Crippen molar-refractivity contribution in [1.82, 2.24) is 14.8 Å². The third-order valence-corrected chi connectivity index (χ3v) is 5.85. The zero-order chi connectivity index (χ0) is 22.5. The summed E-state index contributed by atoms with van der Waals surface area (Å²) in [6.07, 6.45) is 3.20. The first-order valence-corrected chi connectivity index (χ1v) is 10.8. The van der Waals surface area contributed by atoms with E-state index in [0.717, 1.165) is 22.2 Å². The minimum absolute atomic E-state index is 0.0322. The van der Waals surface area contributed by atoms with Crippen molar-refractivity contribution >= 4 is 34.9 Å². The normalized spacial score (nSPS) is 14.9. The summed E-state index contributed by atoms with van der Waals surface area (Å²) in [6, 6.07) is 19.3. The van der Waals surface area contributed by atoms with Gasteiger partial charge in [0.25, 0.3) is 17.1 Å². The molecule has 0 spiro atoms. The molecule has 3 aromatic rings. The Kier molecular flexibility index (Phi) is 6.51. The van der Waals surface area contributed by atoms with E-state index in [4.69, 9.17) is 0 Å². The molecule has 4 rings (SSSR count). The van der Waals surface area contributed by atoms with Gasteiger partial charge in [-0.05, 0) is 41.6 Å². The number of rotatable bonds is 7. The van der Waals surface area contributed by atoms with Crippen molar-refractivity contribution in [1.29, 1.82) is 0 Å². The van der Waals surface area contributed by atoms with Crippen LogP contribution in [0.2, 0.25) is 0 Å². The lowest BCUT2D eigenvalue weighted by atomic mass is 10.2. The Morgan fingerprint density at radius 1 is 1.00 bits per heavy atom. The third-order valence-electron chi connectivity index (χ3n) is 4.94. The first-order valence-electron chi connectivity index (χ1n) is 10.00. The highest BCUT2D eigenvalue weighted by Gasteiger charge is 2.34. The van der Waals surface area contributed by atoms with Gasteiger partial charge in [-0.3, -0.25) is 19.3 Å². The van der Waals surface area contributed by atoms with Gasteiger partial charge in [0.05, 0.1) is 4.91 Å². The molecule has 1 aliphatic heterocycles. The second-order valence-electron chi connectivity index (χ2n) is 7.12. The SMILES string of the molecule is O=C(NCCN1C(=O)S/C(=C\c2ccccc2F)C1=O)c1cccn1Cc1ccccc1. The molecule has 1 aromatic heterocycles. The van der Waals surface area contributed by atoms with Crippen LogP contribution < -0.4 is 5.32 Å². The monoisotopic (exact) mass is 449 g/mol. The largest absolute Gasteiger partial charge is 0.349 e. The maximum absolute atomic E-state index is 13.8. The number of benzene rings is 2. The number of thioether (sulfide) groups is 1. The van der Waals surface area contributed by atoms with E-state index in [1.165, 1.54) is 18.2 Å². The van der Waals surface area contributed by atoms with Gasteiger partial charge in [-0.25, -0.2) is 4.39 Å². The molecule has 2 heterocycles. The standard InChI is InChI=1S/C24H20FN3O3S/c25-19-10-5-4-9-18(19)15-21-23(30)28(24(31)32-21)14-12-26-22(29)20-11-6-13-27(20)16-17-7-2-1-3-8-17/h1-11,13,15H,12,14,16H2,(H,26,29)/b21-15-. The summed E-state index contributed by atoms with van der Waals surface area (Å²) >= 11 is 0.761. The average Bonchev–Trinajstić information content (AvgIpc) is 3.35. The number of hydrogen-bond donors (Lipinski definition) is 1. The van der Waals surface area contributed by atoms with Gasteiger partial charge in [0.15, 0.2) is 0 Å². The molecule has 0 aliphatic carbocycles. The van der Waals surface area contributed by atoms with Crippen LogP contribution in [0.1, 0.15) is 21.6 Å². The van der Waals surface area contributed by atoms with Crippen LogP contribution in [0.15, 0.2) is 77.8 Å². The fraction of sp³-hybridized carbons (Fsp3) is 0.125. The van der Waals surface area contributed by atoms with Crippen LogP contribution in [-0.4, -0.2) is 39.6 Å². The first kappa shape index (κ1) is 21.6. The summed E-state index contributed by atoms with van der Waals surface area (Å²) < 4.78 is 15.7. The van der Waals surface area contributed by atoms with Gasteiger partial charge in [-0.1, -0.05) is 48.5 Å². The Labute approximate surface area is 188 Å². The first-order chi connectivity index (χ1) is 15.5. The van der Waals surface area contributed by atoms with E-state index in [-0.39, 0.29) is 29.5 Å². The molecule has 1 N–H and O–H groups in total. The van der Waals surface area contributed by atoms with Crippen LogP contribution in [-0.2, 0) is 11.3 Å². The fourth-order valence-electron chi connectivity index (χ4n) is 3.34. The van der Waals surface area contributed by atoms with Gasteiger partial charge < -0.3 is 9.88 Å². The molecule has 6 nitrogen and oxygen atoms in total. The predicted octanol–water partition coefficient (Wildman–Crippen LogP) is 4.14. The lowest BCUT2D eigenvalue weighted by Crippen LogP contribution is -2.37.